The molecule has 29 heavy (non-hydrogen) atoms. The molecule has 2 amide bonds. The molecule has 0 radical (unpaired) electrons. The van der Waals surface area contributed by atoms with E-state index in [4.69, 9.17) is 9.47 Å². The molecule has 1 saturated heterocycles. The number of amides is 2. The van der Waals surface area contributed by atoms with Crippen LogP contribution in [0.25, 0.3) is 0 Å². The quantitative estimate of drug-likeness (QED) is 0.598. The van der Waals surface area contributed by atoms with E-state index < -0.39 is 5.92 Å². The summed E-state index contributed by atoms with van der Waals surface area (Å²) in [5.41, 5.74) is 1.03. The van der Waals surface area contributed by atoms with Crippen LogP contribution >= 0.6 is 11.8 Å². The van der Waals surface area contributed by atoms with E-state index in [-0.39, 0.29) is 18.2 Å². The van der Waals surface area contributed by atoms with Crippen LogP contribution in [0, 0.1) is 5.92 Å². The number of ether oxygens (including phenoxy) is 2. The van der Waals surface area contributed by atoms with Crippen molar-refractivity contribution in [2.75, 3.05) is 38.4 Å². The SMILES string of the molecule is CCSc1n[nH]c(NC(=O)C2CC(=O)N(CCc3ccc(OC)c(OC)c3)C2)n1. The van der Waals surface area contributed by atoms with Crippen molar-refractivity contribution in [1.29, 1.82) is 0 Å². The summed E-state index contributed by atoms with van der Waals surface area (Å²) in [6, 6.07) is 5.69. The normalized spacial score (nSPS) is 16.2. The van der Waals surface area contributed by atoms with E-state index in [2.05, 4.69) is 20.5 Å². The van der Waals surface area contributed by atoms with Gasteiger partial charge in [-0.3, -0.25) is 14.9 Å². The molecule has 156 valence electrons. The fourth-order valence-corrected chi connectivity index (χ4v) is 3.70. The number of anilines is 1. The highest BCUT2D eigenvalue weighted by atomic mass is 32.2. The van der Waals surface area contributed by atoms with Gasteiger partial charge in [0.15, 0.2) is 11.5 Å². The van der Waals surface area contributed by atoms with E-state index in [0.29, 0.717) is 42.1 Å². The van der Waals surface area contributed by atoms with Crippen LogP contribution in [-0.2, 0) is 16.0 Å². The summed E-state index contributed by atoms with van der Waals surface area (Å²) in [7, 11) is 3.18. The Kier molecular flexibility index (Phi) is 6.97. The van der Waals surface area contributed by atoms with Gasteiger partial charge in [0.25, 0.3) is 0 Å². The molecule has 1 unspecified atom stereocenters. The highest BCUT2D eigenvalue weighted by Crippen LogP contribution is 2.28. The molecule has 0 saturated carbocycles. The number of hydrogen-bond donors (Lipinski definition) is 2. The minimum Gasteiger partial charge on any atom is -0.493 e. The number of carbonyl (C=O) groups is 2. The number of aromatic nitrogens is 3. The van der Waals surface area contributed by atoms with Crippen LogP contribution in [0.3, 0.4) is 0 Å². The largest absolute Gasteiger partial charge is 0.493 e. The Hall–Kier alpha value is -2.75. The van der Waals surface area contributed by atoms with Gasteiger partial charge in [-0.15, -0.1) is 5.10 Å². The van der Waals surface area contributed by atoms with E-state index >= 15 is 0 Å². The summed E-state index contributed by atoms with van der Waals surface area (Å²) in [6.45, 7) is 2.93. The second-order valence-corrected chi connectivity index (χ2v) is 7.80. The zero-order valence-corrected chi connectivity index (χ0v) is 17.5. The van der Waals surface area contributed by atoms with E-state index in [1.807, 2.05) is 25.1 Å². The molecular formula is C19H25N5O4S. The van der Waals surface area contributed by atoms with E-state index in [1.54, 1.807) is 19.1 Å². The number of carbonyl (C=O) groups excluding carboxylic acids is 2. The van der Waals surface area contributed by atoms with Gasteiger partial charge in [-0.2, -0.15) is 4.98 Å². The monoisotopic (exact) mass is 419 g/mol. The Bertz CT molecular complexity index is 872. The van der Waals surface area contributed by atoms with Gasteiger partial charge in [0, 0.05) is 19.5 Å². The molecule has 1 aliphatic rings. The van der Waals surface area contributed by atoms with Crippen molar-refractivity contribution < 1.29 is 19.1 Å². The molecule has 1 aliphatic heterocycles. The second-order valence-electron chi connectivity index (χ2n) is 6.57. The van der Waals surface area contributed by atoms with Gasteiger partial charge < -0.3 is 14.4 Å². The van der Waals surface area contributed by atoms with Crippen LogP contribution in [-0.4, -0.2) is 65.0 Å². The molecule has 10 heteroatoms. The molecule has 9 nitrogen and oxygen atoms in total. The van der Waals surface area contributed by atoms with Gasteiger partial charge in [0.1, 0.15) is 0 Å². The Morgan fingerprint density at radius 3 is 2.86 bits per heavy atom. The number of nitrogens with one attached hydrogen (secondary N) is 2. The predicted octanol–water partition coefficient (Wildman–Crippen LogP) is 1.96. The number of thioether (sulfide) groups is 1. The van der Waals surface area contributed by atoms with Gasteiger partial charge in [0.05, 0.1) is 20.1 Å². The number of H-pyrrole nitrogens is 1. The van der Waals surface area contributed by atoms with Gasteiger partial charge in [-0.25, -0.2) is 5.10 Å². The first kappa shape index (κ1) is 21.0. The number of methoxy groups -OCH3 is 2. The molecule has 2 heterocycles. The van der Waals surface area contributed by atoms with Gasteiger partial charge in [-0.1, -0.05) is 24.8 Å². The Morgan fingerprint density at radius 1 is 1.34 bits per heavy atom. The minimum absolute atomic E-state index is 0.0228. The maximum absolute atomic E-state index is 12.5. The molecular weight excluding hydrogens is 394 g/mol. The van der Waals surface area contributed by atoms with Crippen LogP contribution in [0.15, 0.2) is 23.4 Å². The van der Waals surface area contributed by atoms with Gasteiger partial charge in [0.2, 0.25) is 22.9 Å². The molecule has 2 aromatic rings. The summed E-state index contributed by atoms with van der Waals surface area (Å²) < 4.78 is 10.6. The van der Waals surface area contributed by atoms with E-state index in [1.165, 1.54) is 11.8 Å². The standard InChI is InChI=1S/C19H25N5O4S/c1-4-29-19-21-18(22-23-19)20-17(26)13-10-16(25)24(11-13)8-7-12-5-6-14(27-2)15(9-12)28-3/h5-6,9,13H,4,7-8,10-11H2,1-3H3,(H2,20,21,22,23,26). The van der Waals surface area contributed by atoms with Crippen molar-refractivity contribution >= 4 is 29.5 Å². The number of rotatable bonds is 9. The zero-order chi connectivity index (χ0) is 20.8. The molecule has 1 fully saturated rings. The lowest BCUT2D eigenvalue weighted by Crippen LogP contribution is -2.30. The number of hydrogen-bond acceptors (Lipinski definition) is 7. The lowest BCUT2D eigenvalue weighted by Gasteiger charge is -2.17. The van der Waals surface area contributed by atoms with Crippen molar-refractivity contribution in [2.45, 2.75) is 24.9 Å². The summed E-state index contributed by atoms with van der Waals surface area (Å²) in [4.78, 5) is 30.7. The first-order valence-corrected chi connectivity index (χ1v) is 10.4. The van der Waals surface area contributed by atoms with E-state index in [9.17, 15) is 9.59 Å². The number of likely N-dealkylation sites (tertiary alicyclic amines) is 1. The number of aromatic amines is 1. The van der Waals surface area contributed by atoms with Crippen LogP contribution in [0.5, 0.6) is 11.5 Å². The fraction of sp³-hybridized carbons (Fsp3) is 0.474. The Balaban J connectivity index is 1.53. The molecule has 0 aliphatic carbocycles. The topological polar surface area (TPSA) is 109 Å². The summed E-state index contributed by atoms with van der Waals surface area (Å²) >= 11 is 1.48. The third-order valence-electron chi connectivity index (χ3n) is 4.68. The minimum atomic E-state index is -0.403. The molecule has 2 N–H and O–H groups in total. The predicted molar refractivity (Wildman–Crippen MR) is 109 cm³/mol. The maximum atomic E-state index is 12.5. The second kappa shape index (κ2) is 9.64. The molecule has 0 bridgehead atoms. The average molecular weight is 420 g/mol. The maximum Gasteiger partial charge on any atom is 0.232 e. The lowest BCUT2D eigenvalue weighted by atomic mass is 10.1. The van der Waals surface area contributed by atoms with Crippen molar-refractivity contribution in [1.82, 2.24) is 20.1 Å². The summed E-state index contributed by atoms with van der Waals surface area (Å²) in [5.74, 6) is 1.82. The molecule has 3 rings (SSSR count). The highest BCUT2D eigenvalue weighted by Gasteiger charge is 2.34. The Labute approximate surface area is 173 Å². The average Bonchev–Trinajstić information content (AvgIpc) is 3.32. The lowest BCUT2D eigenvalue weighted by molar-refractivity contribution is -0.128. The van der Waals surface area contributed by atoms with Gasteiger partial charge >= 0.3 is 0 Å². The van der Waals surface area contributed by atoms with Crippen LogP contribution in [0.2, 0.25) is 0 Å². The molecule has 1 aromatic heterocycles. The molecule has 1 aromatic carbocycles. The Morgan fingerprint density at radius 2 is 2.14 bits per heavy atom. The first-order chi connectivity index (χ1) is 14.0. The van der Waals surface area contributed by atoms with Gasteiger partial charge in [-0.05, 0) is 29.9 Å². The number of benzene rings is 1. The van der Waals surface area contributed by atoms with Crippen LogP contribution < -0.4 is 14.8 Å². The van der Waals surface area contributed by atoms with Crippen LogP contribution in [0.4, 0.5) is 5.95 Å². The van der Waals surface area contributed by atoms with Crippen LogP contribution in [0.1, 0.15) is 18.9 Å². The third kappa shape index (κ3) is 5.20. The smallest absolute Gasteiger partial charge is 0.232 e. The van der Waals surface area contributed by atoms with Crippen molar-refractivity contribution in [3.63, 3.8) is 0 Å². The zero-order valence-electron chi connectivity index (χ0n) is 16.7. The molecule has 0 spiro atoms. The third-order valence-corrected chi connectivity index (χ3v) is 5.41. The molecule has 1 atom stereocenters. The first-order valence-electron chi connectivity index (χ1n) is 9.38. The summed E-state index contributed by atoms with van der Waals surface area (Å²) in [6.07, 6.45) is 0.864. The fourth-order valence-electron chi connectivity index (χ4n) is 3.18. The number of nitrogens with zero attached hydrogens (tertiary/aromatic N) is 3. The summed E-state index contributed by atoms with van der Waals surface area (Å²) in [5, 5.41) is 10.0. The van der Waals surface area contributed by atoms with Crippen molar-refractivity contribution in [3.8, 4) is 11.5 Å². The van der Waals surface area contributed by atoms with Crippen molar-refractivity contribution in [3.05, 3.63) is 23.8 Å². The van der Waals surface area contributed by atoms with E-state index in [0.717, 1.165) is 11.3 Å². The highest BCUT2D eigenvalue weighted by molar-refractivity contribution is 7.99. The van der Waals surface area contributed by atoms with Crippen molar-refractivity contribution in [2.24, 2.45) is 5.92 Å².